The van der Waals surface area contributed by atoms with E-state index in [9.17, 15) is 9.18 Å². The fraction of sp³-hybridized carbons (Fsp3) is 0.261. The molecule has 1 N–H and O–H groups in total. The Morgan fingerprint density at radius 3 is 2.83 bits per heavy atom. The number of carbonyl (C=O) groups excluding carboxylic acids is 1. The average Bonchev–Trinajstić information content (AvgIpc) is 3.34. The van der Waals surface area contributed by atoms with Gasteiger partial charge in [-0.25, -0.2) is 14.4 Å². The Morgan fingerprint density at radius 2 is 1.97 bits per heavy atom. The molecule has 0 radical (unpaired) electrons. The van der Waals surface area contributed by atoms with Crippen molar-refractivity contribution in [3.8, 4) is 11.3 Å². The van der Waals surface area contributed by atoms with Crippen LogP contribution in [0.15, 0.2) is 59.1 Å². The van der Waals surface area contributed by atoms with E-state index in [1.165, 1.54) is 12.3 Å². The Kier molecular flexibility index (Phi) is 5.88. The molecule has 0 aliphatic carbocycles. The topological polar surface area (TPSA) is 73.0 Å². The first-order chi connectivity index (χ1) is 14.6. The summed E-state index contributed by atoms with van der Waals surface area (Å²) in [6.45, 7) is 3.36. The minimum absolute atomic E-state index is 0.0622. The number of nitrogens with one attached hydrogen (secondary N) is 1. The lowest BCUT2D eigenvalue weighted by Crippen LogP contribution is -2.25. The first kappa shape index (κ1) is 19.8. The van der Waals surface area contributed by atoms with Crippen molar-refractivity contribution >= 4 is 16.9 Å². The van der Waals surface area contributed by atoms with Gasteiger partial charge in [-0.1, -0.05) is 24.3 Å². The zero-order chi connectivity index (χ0) is 20.9. The van der Waals surface area contributed by atoms with E-state index in [4.69, 9.17) is 4.42 Å². The smallest absolute Gasteiger partial charge is 0.220 e. The molecule has 2 heterocycles. The van der Waals surface area contributed by atoms with Gasteiger partial charge in [0.05, 0.1) is 22.8 Å². The van der Waals surface area contributed by atoms with Crippen LogP contribution in [0.25, 0.3) is 22.4 Å². The number of nitrogens with zero attached hydrogens (tertiary/aromatic N) is 3. The molecule has 6 nitrogen and oxygen atoms in total. The summed E-state index contributed by atoms with van der Waals surface area (Å²) in [5, 5.41) is 2.93. The molecular weight excluding hydrogens is 383 g/mol. The molecule has 2 aromatic carbocycles. The minimum atomic E-state index is -0.362. The van der Waals surface area contributed by atoms with Gasteiger partial charge in [0.25, 0.3) is 0 Å². The van der Waals surface area contributed by atoms with Crippen LogP contribution in [0.4, 0.5) is 4.39 Å². The number of hydrogen-bond donors (Lipinski definition) is 1. The van der Waals surface area contributed by atoms with E-state index in [0.717, 1.165) is 29.8 Å². The molecule has 0 aliphatic rings. The maximum atomic E-state index is 13.8. The van der Waals surface area contributed by atoms with Gasteiger partial charge in [-0.3, -0.25) is 4.79 Å². The van der Waals surface area contributed by atoms with Crippen LogP contribution in [0.2, 0.25) is 0 Å². The molecule has 0 aliphatic heterocycles. The van der Waals surface area contributed by atoms with Crippen molar-refractivity contribution in [1.29, 1.82) is 0 Å². The molecule has 4 aromatic rings. The van der Waals surface area contributed by atoms with E-state index < -0.39 is 0 Å². The quantitative estimate of drug-likeness (QED) is 0.443. The van der Waals surface area contributed by atoms with E-state index in [0.29, 0.717) is 30.2 Å². The van der Waals surface area contributed by atoms with Crippen molar-refractivity contribution in [2.24, 2.45) is 0 Å². The molecule has 154 valence electrons. The van der Waals surface area contributed by atoms with E-state index in [1.807, 2.05) is 25.1 Å². The van der Waals surface area contributed by atoms with Gasteiger partial charge in [-0.15, -0.1) is 0 Å². The number of rotatable bonds is 8. The Bertz CT molecular complexity index is 1160. The Morgan fingerprint density at radius 1 is 1.17 bits per heavy atom. The third kappa shape index (κ3) is 4.40. The van der Waals surface area contributed by atoms with Crippen LogP contribution in [-0.2, 0) is 17.8 Å². The normalized spacial score (nSPS) is 11.1. The molecule has 4 rings (SSSR count). The van der Waals surface area contributed by atoms with Crippen molar-refractivity contribution in [2.75, 3.05) is 6.54 Å². The Hall–Kier alpha value is -3.48. The van der Waals surface area contributed by atoms with E-state index in [-0.39, 0.29) is 18.1 Å². The molecular formula is C23H23FN4O2. The predicted octanol–water partition coefficient (Wildman–Crippen LogP) is 4.28. The maximum absolute atomic E-state index is 13.8. The molecule has 2 aromatic heterocycles. The molecule has 1 amide bonds. The zero-order valence-electron chi connectivity index (χ0n) is 16.8. The van der Waals surface area contributed by atoms with Crippen LogP contribution in [0.5, 0.6) is 0 Å². The summed E-state index contributed by atoms with van der Waals surface area (Å²) in [4.78, 5) is 20.8. The molecule has 0 fully saturated rings. The second-order valence-electron chi connectivity index (χ2n) is 7.10. The largest absolute Gasteiger partial charge is 0.441 e. The zero-order valence-corrected chi connectivity index (χ0v) is 16.8. The molecule has 0 bridgehead atoms. The molecule has 0 atom stereocenters. The van der Waals surface area contributed by atoms with Crippen molar-refractivity contribution < 1.29 is 13.6 Å². The van der Waals surface area contributed by atoms with Crippen LogP contribution in [0, 0.1) is 12.7 Å². The van der Waals surface area contributed by atoms with Crippen LogP contribution in [0.1, 0.15) is 24.6 Å². The van der Waals surface area contributed by atoms with Crippen molar-refractivity contribution in [1.82, 2.24) is 19.9 Å². The van der Waals surface area contributed by atoms with E-state index in [2.05, 4.69) is 25.9 Å². The molecule has 30 heavy (non-hydrogen) atoms. The molecule has 0 saturated heterocycles. The predicted molar refractivity (Wildman–Crippen MR) is 112 cm³/mol. The van der Waals surface area contributed by atoms with Gasteiger partial charge in [0.2, 0.25) is 5.91 Å². The van der Waals surface area contributed by atoms with Crippen LogP contribution < -0.4 is 5.32 Å². The highest BCUT2D eigenvalue weighted by molar-refractivity contribution is 5.76. The molecule has 0 spiro atoms. The number of carbonyl (C=O) groups is 1. The molecule has 7 heteroatoms. The summed E-state index contributed by atoms with van der Waals surface area (Å²) in [6.07, 6.45) is 2.93. The van der Waals surface area contributed by atoms with E-state index >= 15 is 0 Å². The maximum Gasteiger partial charge on any atom is 0.220 e. The van der Waals surface area contributed by atoms with Crippen molar-refractivity contribution in [2.45, 2.75) is 32.7 Å². The van der Waals surface area contributed by atoms with Crippen molar-refractivity contribution in [3.05, 3.63) is 72.3 Å². The summed E-state index contributed by atoms with van der Waals surface area (Å²) in [5.74, 6) is 1.33. The fourth-order valence-electron chi connectivity index (χ4n) is 3.46. The third-order valence-corrected chi connectivity index (χ3v) is 4.98. The van der Waals surface area contributed by atoms with Gasteiger partial charge >= 0.3 is 0 Å². The van der Waals surface area contributed by atoms with Gasteiger partial charge in [0.1, 0.15) is 11.6 Å². The Labute approximate surface area is 173 Å². The third-order valence-electron chi connectivity index (χ3n) is 4.98. The number of halogens is 1. The lowest BCUT2D eigenvalue weighted by atomic mass is 10.2. The summed E-state index contributed by atoms with van der Waals surface area (Å²) in [6, 6.07) is 14.4. The number of hydrogen-bond acceptors (Lipinski definition) is 4. The van der Waals surface area contributed by atoms with Gasteiger partial charge in [0, 0.05) is 25.9 Å². The van der Waals surface area contributed by atoms with E-state index in [1.54, 1.807) is 18.2 Å². The van der Waals surface area contributed by atoms with Crippen LogP contribution >= 0.6 is 0 Å². The fourth-order valence-corrected chi connectivity index (χ4v) is 3.46. The van der Waals surface area contributed by atoms with Gasteiger partial charge in [-0.2, -0.15) is 0 Å². The molecule has 0 unspecified atom stereocenters. The number of amides is 1. The first-order valence-corrected chi connectivity index (χ1v) is 10.00. The van der Waals surface area contributed by atoms with Crippen LogP contribution in [-0.4, -0.2) is 27.0 Å². The molecule has 0 saturated carbocycles. The number of para-hydroxylation sites is 2. The monoisotopic (exact) mass is 406 g/mol. The highest BCUT2D eigenvalue weighted by atomic mass is 19.1. The number of benzene rings is 2. The minimum Gasteiger partial charge on any atom is -0.441 e. The average molecular weight is 406 g/mol. The highest BCUT2D eigenvalue weighted by Crippen LogP contribution is 2.23. The van der Waals surface area contributed by atoms with Gasteiger partial charge in [0.15, 0.2) is 11.7 Å². The summed E-state index contributed by atoms with van der Waals surface area (Å²) in [5.41, 5.74) is 2.46. The Balaban J connectivity index is 1.23. The number of oxazole rings is 1. The summed E-state index contributed by atoms with van der Waals surface area (Å²) < 4.78 is 21.6. The standard InChI is InChI=1S/C23H23FN4O2/c1-16-27-19-9-4-5-10-20(19)28(16)14-6-13-25-22(29)11-12-23-26-15-21(30-23)17-7-2-3-8-18(17)24/h2-5,7-10,15H,6,11-14H2,1H3,(H,25,29). The lowest BCUT2D eigenvalue weighted by molar-refractivity contribution is -0.121. The van der Waals surface area contributed by atoms with Gasteiger partial charge < -0.3 is 14.3 Å². The number of fused-ring (bicyclic) bond motifs is 1. The van der Waals surface area contributed by atoms with Gasteiger partial charge in [-0.05, 0) is 37.6 Å². The second-order valence-corrected chi connectivity index (χ2v) is 7.10. The first-order valence-electron chi connectivity index (χ1n) is 10.00. The summed E-state index contributed by atoms with van der Waals surface area (Å²) in [7, 11) is 0. The number of aromatic nitrogens is 3. The van der Waals surface area contributed by atoms with Crippen LogP contribution in [0.3, 0.4) is 0 Å². The number of aryl methyl sites for hydroxylation is 3. The highest BCUT2D eigenvalue weighted by Gasteiger charge is 2.12. The SMILES string of the molecule is Cc1nc2ccccc2n1CCCNC(=O)CCc1ncc(-c2ccccc2F)o1. The lowest BCUT2D eigenvalue weighted by Gasteiger charge is -2.08. The second kappa shape index (κ2) is 8.90. The number of imidazole rings is 1. The summed E-state index contributed by atoms with van der Waals surface area (Å²) >= 11 is 0. The van der Waals surface area contributed by atoms with Crippen molar-refractivity contribution in [3.63, 3.8) is 0 Å².